The predicted octanol–water partition coefficient (Wildman–Crippen LogP) is -0.274. The van der Waals surface area contributed by atoms with Crippen LogP contribution in [-0.2, 0) is 4.57 Å². The molecule has 0 rings (SSSR count). The molecule has 0 aliphatic rings. The van der Waals surface area contributed by atoms with Crippen LogP contribution in [0, 0.1) is 0 Å². The van der Waals surface area contributed by atoms with E-state index in [0.717, 1.165) is 6.92 Å². The van der Waals surface area contributed by atoms with Crippen LogP contribution in [0.3, 0.4) is 0 Å². The largest absolute Gasteiger partial charge is 0.354 e. The Hall–Kier alpha value is 0.460. The van der Waals surface area contributed by atoms with E-state index >= 15 is 0 Å². The average molecular weight is 157 g/mol. The van der Waals surface area contributed by atoms with Gasteiger partial charge in [-0.1, -0.05) is 0 Å². The van der Waals surface area contributed by atoms with Gasteiger partial charge in [-0.15, -0.1) is 12.6 Å². The van der Waals surface area contributed by atoms with Crippen molar-refractivity contribution in [3.8, 4) is 0 Å². The van der Waals surface area contributed by atoms with E-state index < -0.39 is 12.2 Å². The van der Waals surface area contributed by atoms with Gasteiger partial charge >= 0.3 is 7.60 Å². The van der Waals surface area contributed by atoms with Crippen molar-refractivity contribution in [2.75, 3.05) is 0 Å². The number of nitrogens with two attached hydrogens (primary N) is 1. The summed E-state index contributed by atoms with van der Waals surface area (Å²) in [6.07, 6.45) is 0. The molecule has 0 heterocycles. The predicted molar refractivity (Wildman–Crippen MR) is 33.6 cm³/mol. The van der Waals surface area contributed by atoms with E-state index in [-0.39, 0.29) is 0 Å². The number of hydrogen-bond acceptors (Lipinski definition) is 3. The summed E-state index contributed by atoms with van der Waals surface area (Å²) in [6.45, 7) is 1.15. The van der Waals surface area contributed by atoms with Gasteiger partial charge in [0, 0.05) is 0 Å². The lowest BCUT2D eigenvalue weighted by Gasteiger charge is -2.17. The molecule has 0 aromatic heterocycles. The topological polar surface area (TPSA) is 83.6 Å². The van der Waals surface area contributed by atoms with Crippen LogP contribution in [0.5, 0.6) is 0 Å². The number of thiol groups is 1. The van der Waals surface area contributed by atoms with Crippen LogP contribution in [0.4, 0.5) is 0 Å². The molecule has 4 nitrogen and oxygen atoms in total. The molecule has 0 aliphatic heterocycles. The molecule has 50 valence electrons. The fraction of sp³-hybridized carbons (Fsp3) is 1.00. The second kappa shape index (κ2) is 2.01. The minimum Gasteiger partial charge on any atom is -0.323 e. The van der Waals surface area contributed by atoms with Crippen LogP contribution in [0.25, 0.3) is 0 Å². The van der Waals surface area contributed by atoms with Crippen LogP contribution in [-0.4, -0.2) is 14.4 Å². The van der Waals surface area contributed by atoms with Gasteiger partial charge in [0.2, 0.25) is 0 Å². The molecular formula is C2H8NO3PS. The van der Waals surface area contributed by atoms with E-state index in [1.54, 1.807) is 0 Å². The highest BCUT2D eigenvalue weighted by molar-refractivity contribution is 7.90. The first kappa shape index (κ1) is 8.46. The third-order valence-corrected chi connectivity index (χ3v) is 2.55. The first-order valence-electron chi connectivity index (χ1n) is 1.82. The molecular weight excluding hydrogens is 149 g/mol. The van der Waals surface area contributed by atoms with Gasteiger partial charge in [-0.05, 0) is 6.92 Å². The first-order valence-corrected chi connectivity index (χ1v) is 3.88. The lowest BCUT2D eigenvalue weighted by atomic mass is 10.8. The van der Waals surface area contributed by atoms with Crippen molar-refractivity contribution < 1.29 is 14.4 Å². The standard InChI is InChI=1S/C2H8NO3PS/c1-2(3,8)7(4,5)6/h8H,3H2,1H3,(H2,4,5,6). The molecule has 8 heavy (non-hydrogen) atoms. The Kier molecular flexibility index (Phi) is 2.12. The molecule has 0 aromatic rings. The van der Waals surface area contributed by atoms with E-state index in [9.17, 15) is 4.57 Å². The second-order valence-electron chi connectivity index (χ2n) is 1.64. The van der Waals surface area contributed by atoms with E-state index in [0.29, 0.717) is 0 Å². The highest BCUT2D eigenvalue weighted by atomic mass is 32.1. The average Bonchev–Trinajstić information content (AvgIpc) is 1.25. The van der Waals surface area contributed by atoms with Gasteiger partial charge in [0.15, 0.2) is 4.61 Å². The van der Waals surface area contributed by atoms with E-state index in [1.165, 1.54) is 0 Å². The van der Waals surface area contributed by atoms with Crippen molar-refractivity contribution in [3.05, 3.63) is 0 Å². The Morgan fingerprint density at radius 2 is 1.88 bits per heavy atom. The lowest BCUT2D eigenvalue weighted by molar-refractivity contribution is 0.356. The van der Waals surface area contributed by atoms with Crippen molar-refractivity contribution in [2.45, 2.75) is 11.5 Å². The molecule has 0 fully saturated rings. The fourth-order valence-corrected chi connectivity index (χ4v) is 0. The zero-order valence-electron chi connectivity index (χ0n) is 4.27. The van der Waals surface area contributed by atoms with E-state index in [1.807, 2.05) is 0 Å². The SMILES string of the molecule is CC(N)(S)P(=O)(O)O. The van der Waals surface area contributed by atoms with Crippen LogP contribution in [0.1, 0.15) is 6.92 Å². The Balaban J connectivity index is 4.26. The highest BCUT2D eigenvalue weighted by Gasteiger charge is 2.34. The van der Waals surface area contributed by atoms with Gasteiger partial charge < -0.3 is 15.5 Å². The molecule has 0 aromatic carbocycles. The maximum Gasteiger partial charge on any atom is 0.354 e. The molecule has 0 bridgehead atoms. The quantitative estimate of drug-likeness (QED) is 0.240. The summed E-state index contributed by atoms with van der Waals surface area (Å²) < 4.78 is 8.44. The third kappa shape index (κ3) is 2.15. The van der Waals surface area contributed by atoms with Gasteiger partial charge in [-0.25, -0.2) is 0 Å². The molecule has 4 N–H and O–H groups in total. The van der Waals surface area contributed by atoms with E-state index in [4.69, 9.17) is 15.5 Å². The second-order valence-corrected chi connectivity index (χ2v) is 4.94. The summed E-state index contributed by atoms with van der Waals surface area (Å²) in [5.41, 5.74) is 4.91. The summed E-state index contributed by atoms with van der Waals surface area (Å²) in [4.78, 5) is 16.5. The number of rotatable bonds is 1. The minimum absolute atomic E-state index is 1.15. The zero-order valence-corrected chi connectivity index (χ0v) is 6.06. The summed E-state index contributed by atoms with van der Waals surface area (Å²) in [5, 5.41) is 0. The Morgan fingerprint density at radius 3 is 1.88 bits per heavy atom. The summed E-state index contributed by atoms with van der Waals surface area (Å²) in [5.74, 6) is 0. The van der Waals surface area contributed by atoms with Gasteiger partial charge in [0.25, 0.3) is 0 Å². The Morgan fingerprint density at radius 1 is 1.75 bits per heavy atom. The zero-order chi connectivity index (χ0) is 7.00. The lowest BCUT2D eigenvalue weighted by Crippen LogP contribution is -2.28. The molecule has 0 spiro atoms. The van der Waals surface area contributed by atoms with E-state index in [2.05, 4.69) is 12.6 Å². The van der Waals surface area contributed by atoms with Gasteiger partial charge in [0.1, 0.15) is 0 Å². The highest BCUT2D eigenvalue weighted by Crippen LogP contribution is 2.48. The maximum absolute atomic E-state index is 10.1. The summed E-state index contributed by atoms with van der Waals surface area (Å²) >= 11 is 3.45. The van der Waals surface area contributed by atoms with Crippen LogP contribution in [0.15, 0.2) is 0 Å². The van der Waals surface area contributed by atoms with Crippen LogP contribution >= 0.6 is 20.2 Å². The molecule has 0 aliphatic carbocycles. The van der Waals surface area contributed by atoms with Crippen molar-refractivity contribution in [3.63, 3.8) is 0 Å². The fourth-order valence-electron chi connectivity index (χ4n) is 0. The number of hydrogen-bond donors (Lipinski definition) is 4. The molecule has 0 saturated heterocycles. The molecule has 1 unspecified atom stereocenters. The smallest absolute Gasteiger partial charge is 0.323 e. The molecule has 0 amide bonds. The maximum atomic E-state index is 10.1. The molecule has 0 radical (unpaired) electrons. The van der Waals surface area contributed by atoms with Gasteiger partial charge in [-0.2, -0.15) is 0 Å². The molecule has 0 saturated carbocycles. The Bertz CT molecular complexity index is 124. The first-order chi connectivity index (χ1) is 3.25. The van der Waals surface area contributed by atoms with Gasteiger partial charge in [0.05, 0.1) is 0 Å². The molecule has 1 atom stereocenters. The molecule has 6 heteroatoms. The minimum atomic E-state index is -4.21. The van der Waals surface area contributed by atoms with Crippen molar-refractivity contribution in [1.29, 1.82) is 0 Å². The van der Waals surface area contributed by atoms with Crippen molar-refractivity contribution in [2.24, 2.45) is 5.73 Å². The normalized spacial score (nSPS) is 20.1. The summed E-state index contributed by atoms with van der Waals surface area (Å²) in [7, 11) is -4.21. The van der Waals surface area contributed by atoms with Crippen LogP contribution in [0.2, 0.25) is 0 Å². The van der Waals surface area contributed by atoms with Crippen molar-refractivity contribution >= 4 is 20.2 Å². The van der Waals surface area contributed by atoms with Crippen molar-refractivity contribution in [1.82, 2.24) is 0 Å². The Labute approximate surface area is 52.7 Å². The van der Waals surface area contributed by atoms with Crippen LogP contribution < -0.4 is 5.73 Å². The third-order valence-electron chi connectivity index (χ3n) is 0.590. The monoisotopic (exact) mass is 157 g/mol. The van der Waals surface area contributed by atoms with Gasteiger partial charge in [-0.3, -0.25) is 4.57 Å². The summed E-state index contributed by atoms with van der Waals surface area (Å²) in [6, 6.07) is 0.